The second kappa shape index (κ2) is 7.46. The number of hydrogen-bond donors (Lipinski definition) is 1. The fourth-order valence-corrected chi connectivity index (χ4v) is 3.89. The monoisotopic (exact) mass is 406 g/mol. The van der Waals surface area contributed by atoms with Crippen LogP contribution in [0.1, 0.15) is 34.3 Å². The molecule has 154 valence electrons. The molecule has 0 bridgehead atoms. The number of nitrogens with zero attached hydrogens (tertiary/aromatic N) is 3. The number of fused-ring (bicyclic) bond motifs is 1. The van der Waals surface area contributed by atoms with Crippen LogP contribution in [0.15, 0.2) is 47.0 Å². The number of aryl methyl sites for hydroxylation is 1. The van der Waals surface area contributed by atoms with E-state index in [2.05, 4.69) is 20.4 Å². The Morgan fingerprint density at radius 1 is 1.13 bits per heavy atom. The van der Waals surface area contributed by atoms with Crippen molar-refractivity contribution < 1.29 is 18.8 Å². The summed E-state index contributed by atoms with van der Waals surface area (Å²) in [7, 11) is 1.99. The summed E-state index contributed by atoms with van der Waals surface area (Å²) < 4.78 is 16.3. The minimum absolute atomic E-state index is 0.00898. The maximum atomic E-state index is 12.5. The molecule has 1 saturated heterocycles. The molecule has 0 saturated carbocycles. The highest BCUT2D eigenvalue weighted by molar-refractivity contribution is 5.94. The number of likely N-dealkylation sites (tertiary alicyclic amines) is 1. The molecular weight excluding hydrogens is 384 g/mol. The van der Waals surface area contributed by atoms with E-state index in [0.717, 1.165) is 11.1 Å². The number of hydrogen-bond acceptors (Lipinski definition) is 7. The molecule has 8 nitrogen and oxygen atoms in total. The third-order valence-corrected chi connectivity index (χ3v) is 5.55. The smallest absolute Gasteiger partial charge is 0.251 e. The third kappa shape index (κ3) is 3.50. The zero-order valence-electron chi connectivity index (χ0n) is 16.8. The molecule has 1 fully saturated rings. The van der Waals surface area contributed by atoms with Gasteiger partial charge in [0.15, 0.2) is 11.5 Å². The van der Waals surface area contributed by atoms with Crippen molar-refractivity contribution in [3.05, 3.63) is 59.5 Å². The maximum absolute atomic E-state index is 12.5. The quantitative estimate of drug-likeness (QED) is 0.712. The van der Waals surface area contributed by atoms with Gasteiger partial charge in [0, 0.05) is 23.7 Å². The molecule has 2 aliphatic heterocycles. The van der Waals surface area contributed by atoms with Gasteiger partial charge in [0.2, 0.25) is 18.5 Å². The van der Waals surface area contributed by atoms with Crippen LogP contribution in [0, 0.1) is 6.92 Å². The molecule has 2 atom stereocenters. The number of ether oxygens (including phenoxy) is 2. The summed E-state index contributed by atoms with van der Waals surface area (Å²) in [4.78, 5) is 19.3. The number of rotatable bonds is 4. The van der Waals surface area contributed by atoms with Gasteiger partial charge in [-0.3, -0.25) is 9.69 Å². The van der Waals surface area contributed by atoms with Gasteiger partial charge in [0.05, 0.1) is 6.04 Å². The van der Waals surface area contributed by atoms with Crippen LogP contribution in [0.2, 0.25) is 0 Å². The van der Waals surface area contributed by atoms with E-state index in [4.69, 9.17) is 14.0 Å². The van der Waals surface area contributed by atoms with Crippen molar-refractivity contribution in [2.45, 2.75) is 25.4 Å². The van der Waals surface area contributed by atoms with Crippen LogP contribution >= 0.6 is 0 Å². The average molecular weight is 406 g/mol. The number of nitrogens with one attached hydrogen (secondary N) is 1. The molecule has 5 rings (SSSR count). The van der Waals surface area contributed by atoms with E-state index in [-0.39, 0.29) is 24.8 Å². The molecule has 2 aromatic carbocycles. The molecule has 3 aromatic rings. The van der Waals surface area contributed by atoms with Crippen molar-refractivity contribution >= 4 is 5.91 Å². The summed E-state index contributed by atoms with van der Waals surface area (Å²) in [6, 6.07) is 13.1. The van der Waals surface area contributed by atoms with Gasteiger partial charge in [-0.2, -0.15) is 4.98 Å². The number of amides is 1. The van der Waals surface area contributed by atoms with Crippen molar-refractivity contribution in [1.82, 2.24) is 20.4 Å². The Balaban J connectivity index is 1.27. The Morgan fingerprint density at radius 2 is 1.93 bits per heavy atom. The Hall–Kier alpha value is -3.39. The average Bonchev–Trinajstić information content (AvgIpc) is 3.47. The van der Waals surface area contributed by atoms with Crippen molar-refractivity contribution in [2.24, 2.45) is 0 Å². The van der Waals surface area contributed by atoms with Gasteiger partial charge in [-0.1, -0.05) is 22.9 Å². The van der Waals surface area contributed by atoms with E-state index in [1.807, 2.05) is 56.4 Å². The lowest BCUT2D eigenvalue weighted by Crippen LogP contribution is -2.36. The second-order valence-corrected chi connectivity index (χ2v) is 7.75. The molecule has 1 amide bonds. The van der Waals surface area contributed by atoms with E-state index in [1.54, 1.807) is 0 Å². The van der Waals surface area contributed by atoms with Gasteiger partial charge < -0.3 is 19.3 Å². The van der Waals surface area contributed by atoms with Gasteiger partial charge in [-0.15, -0.1) is 0 Å². The van der Waals surface area contributed by atoms with Crippen LogP contribution in [0.3, 0.4) is 0 Å². The van der Waals surface area contributed by atoms with E-state index in [0.29, 0.717) is 41.7 Å². The molecular formula is C22H22N4O4. The predicted molar refractivity (Wildman–Crippen MR) is 108 cm³/mol. The van der Waals surface area contributed by atoms with E-state index in [9.17, 15) is 4.79 Å². The highest BCUT2D eigenvalue weighted by Crippen LogP contribution is 2.36. The highest BCUT2D eigenvalue weighted by atomic mass is 16.7. The number of carbonyl (C=O) groups is 1. The Labute approximate surface area is 173 Å². The van der Waals surface area contributed by atoms with E-state index >= 15 is 0 Å². The van der Waals surface area contributed by atoms with Crippen molar-refractivity contribution in [3.63, 3.8) is 0 Å². The Morgan fingerprint density at radius 3 is 2.77 bits per heavy atom. The number of carbonyl (C=O) groups excluding carboxylic acids is 1. The molecule has 0 unspecified atom stereocenters. The van der Waals surface area contributed by atoms with Gasteiger partial charge in [0.1, 0.15) is 0 Å². The zero-order chi connectivity index (χ0) is 20.7. The summed E-state index contributed by atoms with van der Waals surface area (Å²) in [5, 5.41) is 7.25. The first-order chi connectivity index (χ1) is 14.6. The van der Waals surface area contributed by atoms with Crippen LogP contribution in [0.4, 0.5) is 0 Å². The molecule has 0 spiro atoms. The lowest BCUT2D eigenvalue weighted by molar-refractivity contribution is 0.0938. The lowest BCUT2D eigenvalue weighted by atomic mass is 10.1. The largest absolute Gasteiger partial charge is 0.454 e. The SMILES string of the molecule is Cc1ccc(C(=O)N[C@@H]2C[C@@H](c3nc(-c4ccc5c(c4)OCO5)no3)N(C)C2)cc1. The zero-order valence-corrected chi connectivity index (χ0v) is 16.8. The van der Waals surface area contributed by atoms with Crippen molar-refractivity contribution in [1.29, 1.82) is 0 Å². The van der Waals surface area contributed by atoms with E-state index < -0.39 is 0 Å². The first-order valence-corrected chi connectivity index (χ1v) is 9.88. The van der Waals surface area contributed by atoms with Crippen LogP contribution in [0.25, 0.3) is 11.4 Å². The summed E-state index contributed by atoms with van der Waals surface area (Å²) >= 11 is 0. The fraction of sp³-hybridized carbons (Fsp3) is 0.318. The standard InChI is InChI=1S/C22H22N4O4/c1-13-3-5-14(6-4-13)21(27)23-16-10-17(26(2)11-16)22-24-20(25-30-22)15-7-8-18-19(9-15)29-12-28-18/h3-9,16-17H,10-12H2,1-2H3,(H,23,27)/t16-,17+/m1/s1. The lowest BCUT2D eigenvalue weighted by Gasteiger charge is -2.14. The first-order valence-electron chi connectivity index (χ1n) is 9.88. The van der Waals surface area contributed by atoms with E-state index in [1.165, 1.54) is 0 Å². The topological polar surface area (TPSA) is 89.7 Å². The minimum Gasteiger partial charge on any atom is -0.454 e. The predicted octanol–water partition coefficient (Wildman–Crippen LogP) is 2.95. The van der Waals surface area contributed by atoms with Crippen molar-refractivity contribution in [3.8, 4) is 22.9 Å². The summed E-state index contributed by atoms with van der Waals surface area (Å²) in [5.41, 5.74) is 2.59. The van der Waals surface area contributed by atoms with Crippen molar-refractivity contribution in [2.75, 3.05) is 20.4 Å². The van der Waals surface area contributed by atoms with Gasteiger partial charge >= 0.3 is 0 Å². The molecule has 0 aliphatic carbocycles. The highest BCUT2D eigenvalue weighted by Gasteiger charge is 2.35. The molecule has 8 heteroatoms. The molecule has 2 aliphatic rings. The van der Waals surface area contributed by atoms with Crippen LogP contribution in [-0.4, -0.2) is 47.4 Å². The third-order valence-electron chi connectivity index (χ3n) is 5.55. The molecule has 1 aromatic heterocycles. The van der Waals surface area contributed by atoms with Crippen LogP contribution in [0.5, 0.6) is 11.5 Å². The van der Waals surface area contributed by atoms with Crippen LogP contribution < -0.4 is 14.8 Å². The molecule has 3 heterocycles. The first kappa shape index (κ1) is 18.6. The summed E-state index contributed by atoms with van der Waals surface area (Å²) in [5.74, 6) is 2.36. The fourth-order valence-electron chi connectivity index (χ4n) is 3.89. The van der Waals surface area contributed by atoms with Crippen LogP contribution in [-0.2, 0) is 0 Å². The minimum atomic E-state index is -0.0689. The molecule has 1 N–H and O–H groups in total. The number of benzene rings is 2. The number of likely N-dealkylation sites (N-methyl/N-ethyl adjacent to an activating group) is 1. The summed E-state index contributed by atoms with van der Waals surface area (Å²) in [6.45, 7) is 2.93. The molecule has 0 radical (unpaired) electrons. The second-order valence-electron chi connectivity index (χ2n) is 7.75. The normalized spacial score (nSPS) is 20.5. The Kier molecular flexibility index (Phi) is 4.63. The Bertz CT molecular complexity index is 1080. The maximum Gasteiger partial charge on any atom is 0.251 e. The van der Waals surface area contributed by atoms with Gasteiger partial charge in [0.25, 0.3) is 5.91 Å². The van der Waals surface area contributed by atoms with Gasteiger partial charge in [-0.05, 0) is 50.7 Å². The van der Waals surface area contributed by atoms with Gasteiger partial charge in [-0.25, -0.2) is 0 Å². The molecule has 30 heavy (non-hydrogen) atoms. The number of aromatic nitrogens is 2. The summed E-state index contributed by atoms with van der Waals surface area (Å²) in [6.07, 6.45) is 0.705.